The lowest BCUT2D eigenvalue weighted by Crippen LogP contribution is -2.32. The Morgan fingerprint density at radius 2 is 1.77 bits per heavy atom. The van der Waals surface area contributed by atoms with Crippen molar-refractivity contribution in [2.45, 2.75) is 39.7 Å². The molecule has 1 N–H and O–H groups in total. The zero-order chi connectivity index (χ0) is 22.5. The molecule has 0 aliphatic carbocycles. The van der Waals surface area contributed by atoms with Crippen LogP contribution in [-0.4, -0.2) is 28.8 Å². The van der Waals surface area contributed by atoms with E-state index < -0.39 is 12.0 Å². The monoisotopic (exact) mass is 423 g/mol. The fraction of sp³-hybridized carbons (Fsp3) is 0.292. The third-order valence-electron chi connectivity index (χ3n) is 5.27. The first-order valence-electron chi connectivity index (χ1n) is 10.0. The standard InChI is InChI=1S/C24H26FN3O3/c1-15-9-11-18(12-10-15)21(14-24(30)31-4)26-23(29)13-19-16(2)27-28(17(19)3)22-8-6-5-7-20(22)25/h5-12,21H,13-14H2,1-4H3,(H,26,29). The van der Waals surface area contributed by atoms with Crippen LogP contribution in [0, 0.1) is 26.6 Å². The second-order valence-corrected chi connectivity index (χ2v) is 7.50. The van der Waals surface area contributed by atoms with E-state index in [1.165, 1.54) is 17.9 Å². The summed E-state index contributed by atoms with van der Waals surface area (Å²) in [5, 5.41) is 7.36. The van der Waals surface area contributed by atoms with Crippen molar-refractivity contribution in [2.75, 3.05) is 7.11 Å². The van der Waals surface area contributed by atoms with Gasteiger partial charge in [-0.1, -0.05) is 42.0 Å². The Kier molecular flexibility index (Phi) is 6.84. The van der Waals surface area contributed by atoms with Crippen LogP contribution in [0.2, 0.25) is 0 Å². The number of rotatable bonds is 7. The number of aryl methyl sites for hydroxylation is 2. The number of nitrogens with one attached hydrogen (secondary N) is 1. The maximum Gasteiger partial charge on any atom is 0.307 e. The highest BCUT2D eigenvalue weighted by Crippen LogP contribution is 2.22. The first-order valence-corrected chi connectivity index (χ1v) is 10.0. The summed E-state index contributed by atoms with van der Waals surface area (Å²) in [6, 6.07) is 13.5. The molecule has 1 atom stereocenters. The van der Waals surface area contributed by atoms with E-state index in [-0.39, 0.29) is 24.6 Å². The maximum absolute atomic E-state index is 14.2. The van der Waals surface area contributed by atoms with Gasteiger partial charge >= 0.3 is 5.97 Å². The molecule has 0 bridgehead atoms. The summed E-state index contributed by atoms with van der Waals surface area (Å²) >= 11 is 0. The highest BCUT2D eigenvalue weighted by atomic mass is 19.1. The highest BCUT2D eigenvalue weighted by Gasteiger charge is 2.22. The average molecular weight is 423 g/mol. The fourth-order valence-corrected chi connectivity index (χ4v) is 3.50. The molecule has 1 unspecified atom stereocenters. The van der Waals surface area contributed by atoms with Crippen LogP contribution in [0.4, 0.5) is 4.39 Å². The van der Waals surface area contributed by atoms with Crippen molar-refractivity contribution in [2.24, 2.45) is 0 Å². The van der Waals surface area contributed by atoms with Gasteiger partial charge in [0.1, 0.15) is 11.5 Å². The molecule has 3 aromatic rings. The van der Waals surface area contributed by atoms with Gasteiger partial charge in [0.2, 0.25) is 5.91 Å². The quantitative estimate of drug-likeness (QED) is 0.585. The van der Waals surface area contributed by atoms with E-state index >= 15 is 0 Å². The maximum atomic E-state index is 14.2. The molecule has 1 amide bonds. The highest BCUT2D eigenvalue weighted by molar-refractivity contribution is 5.80. The predicted octanol–water partition coefficient (Wildman–Crippen LogP) is 3.90. The van der Waals surface area contributed by atoms with Crippen molar-refractivity contribution in [3.8, 4) is 5.69 Å². The molecule has 0 radical (unpaired) electrons. The topological polar surface area (TPSA) is 73.2 Å². The Bertz CT molecular complexity index is 1090. The number of hydrogen-bond donors (Lipinski definition) is 1. The Hall–Kier alpha value is -3.48. The number of aromatic nitrogens is 2. The van der Waals surface area contributed by atoms with Crippen molar-refractivity contribution < 1.29 is 18.7 Å². The van der Waals surface area contributed by atoms with Gasteiger partial charge in [0.25, 0.3) is 0 Å². The number of amides is 1. The molecular formula is C24H26FN3O3. The van der Waals surface area contributed by atoms with E-state index in [0.29, 0.717) is 17.1 Å². The van der Waals surface area contributed by atoms with Gasteiger partial charge in [-0.3, -0.25) is 9.59 Å². The number of nitrogens with zero attached hydrogens (tertiary/aromatic N) is 2. The lowest BCUT2D eigenvalue weighted by molar-refractivity contribution is -0.141. The molecule has 7 heteroatoms. The molecule has 0 saturated carbocycles. The fourth-order valence-electron chi connectivity index (χ4n) is 3.50. The van der Waals surface area contributed by atoms with Crippen LogP contribution < -0.4 is 5.32 Å². The number of para-hydroxylation sites is 1. The Labute approximate surface area is 181 Å². The number of benzene rings is 2. The third kappa shape index (κ3) is 5.17. The minimum absolute atomic E-state index is 0.0255. The molecule has 1 aromatic heterocycles. The number of methoxy groups -OCH3 is 1. The van der Waals surface area contributed by atoms with Gasteiger partial charge in [-0.15, -0.1) is 0 Å². The van der Waals surface area contributed by atoms with E-state index in [4.69, 9.17) is 4.74 Å². The van der Waals surface area contributed by atoms with Crippen LogP contribution in [0.15, 0.2) is 48.5 Å². The SMILES string of the molecule is COC(=O)CC(NC(=O)Cc1c(C)nn(-c2ccccc2F)c1C)c1ccc(C)cc1. The molecule has 3 rings (SSSR count). The predicted molar refractivity (Wildman–Crippen MR) is 115 cm³/mol. The largest absolute Gasteiger partial charge is 0.469 e. The summed E-state index contributed by atoms with van der Waals surface area (Å²) < 4.78 is 20.5. The van der Waals surface area contributed by atoms with E-state index in [1.54, 1.807) is 32.0 Å². The van der Waals surface area contributed by atoms with Gasteiger partial charge in [-0.2, -0.15) is 5.10 Å². The first kappa shape index (κ1) is 22.2. The summed E-state index contributed by atoms with van der Waals surface area (Å²) in [7, 11) is 1.32. The van der Waals surface area contributed by atoms with Crippen LogP contribution in [0.5, 0.6) is 0 Å². The molecule has 0 fully saturated rings. The Balaban J connectivity index is 1.82. The lowest BCUT2D eigenvalue weighted by Gasteiger charge is -2.18. The lowest BCUT2D eigenvalue weighted by atomic mass is 10.0. The Morgan fingerprint density at radius 3 is 2.42 bits per heavy atom. The van der Waals surface area contributed by atoms with Crippen molar-refractivity contribution in [3.05, 3.63) is 82.4 Å². The molecule has 1 heterocycles. The first-order chi connectivity index (χ1) is 14.8. The zero-order valence-corrected chi connectivity index (χ0v) is 18.1. The number of halogens is 1. The van der Waals surface area contributed by atoms with Crippen molar-refractivity contribution >= 4 is 11.9 Å². The average Bonchev–Trinajstić information content (AvgIpc) is 3.02. The third-order valence-corrected chi connectivity index (χ3v) is 5.27. The van der Waals surface area contributed by atoms with Crippen LogP contribution in [0.1, 0.15) is 40.5 Å². The summed E-state index contributed by atoms with van der Waals surface area (Å²) in [5.74, 6) is -1.05. The molecule has 0 spiro atoms. The summed E-state index contributed by atoms with van der Waals surface area (Å²) in [6.45, 7) is 5.57. The number of hydrogen-bond acceptors (Lipinski definition) is 4. The number of carbonyl (C=O) groups is 2. The zero-order valence-electron chi connectivity index (χ0n) is 18.1. The second kappa shape index (κ2) is 9.55. The van der Waals surface area contributed by atoms with Crippen molar-refractivity contribution in [3.63, 3.8) is 0 Å². The van der Waals surface area contributed by atoms with Gasteiger partial charge in [0.15, 0.2) is 0 Å². The molecule has 0 saturated heterocycles. The van der Waals surface area contributed by atoms with E-state index in [1.807, 2.05) is 31.2 Å². The molecule has 2 aromatic carbocycles. The molecular weight excluding hydrogens is 397 g/mol. The van der Waals surface area contributed by atoms with E-state index in [2.05, 4.69) is 10.4 Å². The Morgan fingerprint density at radius 1 is 1.10 bits per heavy atom. The van der Waals surface area contributed by atoms with Crippen LogP contribution >= 0.6 is 0 Å². The van der Waals surface area contributed by atoms with Gasteiger partial charge in [0.05, 0.1) is 31.7 Å². The van der Waals surface area contributed by atoms with Gasteiger partial charge < -0.3 is 10.1 Å². The molecule has 6 nitrogen and oxygen atoms in total. The molecule has 0 aliphatic rings. The normalized spacial score (nSPS) is 11.8. The van der Waals surface area contributed by atoms with Gasteiger partial charge in [-0.05, 0) is 38.5 Å². The van der Waals surface area contributed by atoms with Gasteiger partial charge in [-0.25, -0.2) is 9.07 Å². The molecule has 162 valence electrons. The van der Waals surface area contributed by atoms with E-state index in [9.17, 15) is 14.0 Å². The summed E-state index contributed by atoms with van der Waals surface area (Å²) in [5.41, 5.74) is 4.30. The number of carbonyl (C=O) groups excluding carboxylic acids is 2. The van der Waals surface area contributed by atoms with Crippen molar-refractivity contribution in [1.29, 1.82) is 0 Å². The summed E-state index contributed by atoms with van der Waals surface area (Å²) in [4.78, 5) is 24.8. The smallest absolute Gasteiger partial charge is 0.307 e. The minimum atomic E-state index is -0.511. The number of ether oxygens (including phenoxy) is 1. The minimum Gasteiger partial charge on any atom is -0.469 e. The second-order valence-electron chi connectivity index (χ2n) is 7.50. The molecule has 31 heavy (non-hydrogen) atoms. The van der Waals surface area contributed by atoms with E-state index in [0.717, 1.165) is 16.7 Å². The van der Waals surface area contributed by atoms with Crippen molar-refractivity contribution in [1.82, 2.24) is 15.1 Å². The number of esters is 1. The van der Waals surface area contributed by atoms with Crippen LogP contribution in [0.3, 0.4) is 0 Å². The molecule has 0 aliphatic heterocycles. The summed E-state index contributed by atoms with van der Waals surface area (Å²) in [6.07, 6.45) is 0.0907. The van der Waals surface area contributed by atoms with Gasteiger partial charge in [0, 0.05) is 11.3 Å². The van der Waals surface area contributed by atoms with Crippen LogP contribution in [-0.2, 0) is 20.7 Å². The van der Waals surface area contributed by atoms with Crippen LogP contribution in [0.25, 0.3) is 5.69 Å².